The normalized spacial score (nSPS) is 14.0. The highest BCUT2D eigenvalue weighted by molar-refractivity contribution is 5.72. The first-order valence-corrected chi connectivity index (χ1v) is 3.23. The number of aromatic nitrogens is 1. The van der Waals surface area contributed by atoms with Crippen molar-refractivity contribution in [2.24, 2.45) is 0 Å². The lowest BCUT2D eigenvalue weighted by Crippen LogP contribution is -2.09. The van der Waals surface area contributed by atoms with Gasteiger partial charge in [0.1, 0.15) is 0 Å². The van der Waals surface area contributed by atoms with Crippen molar-refractivity contribution in [1.82, 2.24) is 4.98 Å². The monoisotopic (exact) mass is 149 g/mol. The minimum absolute atomic E-state index is 0.115. The van der Waals surface area contributed by atoms with Gasteiger partial charge in [-0.2, -0.15) is 0 Å². The number of nitrogens with zero attached hydrogens (tertiary/aromatic N) is 1. The highest BCUT2D eigenvalue weighted by Gasteiger charge is 2.06. The predicted molar refractivity (Wildman–Crippen MR) is 42.2 cm³/mol. The molecule has 0 atom stereocenters. The number of aliphatic hydroxyl groups is 1. The van der Waals surface area contributed by atoms with Gasteiger partial charge in [0.2, 0.25) is 5.88 Å². The molecule has 0 spiro atoms. The lowest BCUT2D eigenvalue weighted by molar-refractivity contribution is 0.417. The van der Waals surface area contributed by atoms with Gasteiger partial charge in [-0.1, -0.05) is 0 Å². The van der Waals surface area contributed by atoms with Gasteiger partial charge in [0.25, 0.3) is 0 Å². The Morgan fingerprint density at radius 2 is 2.27 bits per heavy atom. The fraction of sp³-hybridized carbons (Fsp3) is 0. The molecule has 0 amide bonds. The number of rotatable bonds is 0. The van der Waals surface area contributed by atoms with Crippen molar-refractivity contribution in [3.8, 4) is 0 Å². The fourth-order valence-electron chi connectivity index (χ4n) is 0.939. The van der Waals surface area contributed by atoms with E-state index in [9.17, 15) is 0 Å². The van der Waals surface area contributed by atoms with Crippen LogP contribution in [0, 0.1) is 0 Å². The molecule has 0 aliphatic carbocycles. The van der Waals surface area contributed by atoms with E-state index in [4.69, 9.17) is 5.11 Å². The van der Waals surface area contributed by atoms with E-state index in [1.165, 1.54) is 6.20 Å². The molecule has 0 radical (unpaired) electrons. The maximum absolute atomic E-state index is 9.02. The highest BCUT2D eigenvalue weighted by Crippen LogP contribution is 2.23. The molecule has 0 bridgehead atoms. The van der Waals surface area contributed by atoms with Crippen molar-refractivity contribution in [2.45, 2.75) is 0 Å². The van der Waals surface area contributed by atoms with Gasteiger partial charge in [-0.05, 0) is 6.07 Å². The lowest BCUT2D eigenvalue weighted by Gasteiger charge is -2.15. The zero-order valence-corrected chi connectivity index (χ0v) is 5.70. The van der Waals surface area contributed by atoms with Crippen LogP contribution < -0.4 is 10.6 Å². The largest absolute Gasteiger partial charge is 0.494 e. The van der Waals surface area contributed by atoms with Crippen molar-refractivity contribution in [3.63, 3.8) is 0 Å². The third kappa shape index (κ3) is 0.980. The first kappa shape index (κ1) is 6.03. The third-order valence-corrected chi connectivity index (χ3v) is 1.45. The van der Waals surface area contributed by atoms with Gasteiger partial charge in [0.05, 0.1) is 23.8 Å². The summed E-state index contributed by atoms with van der Waals surface area (Å²) in [7, 11) is 0. The summed E-state index contributed by atoms with van der Waals surface area (Å²) in [4.78, 5) is 3.91. The molecule has 0 saturated heterocycles. The van der Waals surface area contributed by atoms with Crippen LogP contribution in [0.5, 0.6) is 0 Å². The number of aliphatic hydroxyl groups excluding tert-OH is 1. The Labute approximate surface area is 63.6 Å². The van der Waals surface area contributed by atoms with Crippen LogP contribution in [-0.2, 0) is 0 Å². The maximum Gasteiger partial charge on any atom is 0.205 e. The molecule has 3 N–H and O–H groups in total. The Morgan fingerprint density at radius 1 is 1.36 bits per heavy atom. The molecule has 0 aromatic carbocycles. The van der Waals surface area contributed by atoms with E-state index in [1.54, 1.807) is 18.5 Å². The molecule has 0 fully saturated rings. The van der Waals surface area contributed by atoms with E-state index in [0.29, 0.717) is 0 Å². The summed E-state index contributed by atoms with van der Waals surface area (Å²) < 4.78 is 0. The van der Waals surface area contributed by atoms with E-state index in [-0.39, 0.29) is 5.88 Å². The van der Waals surface area contributed by atoms with Gasteiger partial charge in [0, 0.05) is 6.20 Å². The molecule has 2 rings (SSSR count). The Hall–Kier alpha value is -1.71. The summed E-state index contributed by atoms with van der Waals surface area (Å²) in [5.41, 5.74) is 1.70. The van der Waals surface area contributed by atoms with E-state index in [1.807, 2.05) is 0 Å². The van der Waals surface area contributed by atoms with Crippen LogP contribution in [0.25, 0.3) is 0 Å². The van der Waals surface area contributed by atoms with E-state index < -0.39 is 0 Å². The lowest BCUT2D eigenvalue weighted by atomic mass is 10.3. The van der Waals surface area contributed by atoms with Gasteiger partial charge < -0.3 is 15.7 Å². The van der Waals surface area contributed by atoms with Gasteiger partial charge in [-0.15, -0.1) is 0 Å². The summed E-state index contributed by atoms with van der Waals surface area (Å²) in [6.45, 7) is 0. The Balaban J connectivity index is 2.42. The first-order valence-electron chi connectivity index (χ1n) is 3.23. The van der Waals surface area contributed by atoms with Crippen molar-refractivity contribution in [3.05, 3.63) is 30.5 Å². The molecule has 56 valence electrons. The predicted octanol–water partition coefficient (Wildman–Crippen LogP) is 1.28. The second-order valence-electron chi connectivity index (χ2n) is 2.22. The quantitative estimate of drug-likeness (QED) is 0.520. The van der Waals surface area contributed by atoms with Crippen LogP contribution in [0.15, 0.2) is 30.5 Å². The van der Waals surface area contributed by atoms with Crippen LogP contribution >= 0.6 is 0 Å². The number of hydrogen-bond acceptors (Lipinski definition) is 4. The second-order valence-corrected chi connectivity index (χ2v) is 2.22. The maximum atomic E-state index is 9.02. The Bertz CT molecular complexity index is 308. The van der Waals surface area contributed by atoms with Crippen molar-refractivity contribution in [2.75, 3.05) is 10.6 Å². The SMILES string of the molecule is OC1=CNc2cnccc2N1. The van der Waals surface area contributed by atoms with E-state index in [2.05, 4.69) is 15.6 Å². The molecular formula is C7H7N3O. The number of nitrogens with one attached hydrogen (secondary N) is 2. The molecular weight excluding hydrogens is 142 g/mol. The highest BCUT2D eigenvalue weighted by atomic mass is 16.3. The zero-order valence-electron chi connectivity index (χ0n) is 5.70. The van der Waals surface area contributed by atoms with Crippen LogP contribution in [0.4, 0.5) is 11.4 Å². The van der Waals surface area contributed by atoms with Crippen molar-refractivity contribution < 1.29 is 5.11 Å². The molecule has 4 heteroatoms. The molecule has 2 heterocycles. The number of anilines is 2. The number of pyridine rings is 1. The fourth-order valence-corrected chi connectivity index (χ4v) is 0.939. The minimum atomic E-state index is 0.115. The molecule has 4 nitrogen and oxygen atoms in total. The van der Waals surface area contributed by atoms with Crippen LogP contribution in [0.1, 0.15) is 0 Å². The molecule has 0 saturated carbocycles. The second kappa shape index (κ2) is 2.16. The zero-order chi connectivity index (χ0) is 7.68. The third-order valence-electron chi connectivity index (χ3n) is 1.45. The van der Waals surface area contributed by atoms with Crippen molar-refractivity contribution >= 4 is 11.4 Å². The van der Waals surface area contributed by atoms with Gasteiger partial charge in [0.15, 0.2) is 0 Å². The molecule has 11 heavy (non-hydrogen) atoms. The summed E-state index contributed by atoms with van der Waals surface area (Å²) in [5, 5.41) is 14.7. The summed E-state index contributed by atoms with van der Waals surface area (Å²) in [6, 6.07) is 1.78. The Morgan fingerprint density at radius 3 is 3.18 bits per heavy atom. The van der Waals surface area contributed by atoms with Gasteiger partial charge in [-0.3, -0.25) is 4.98 Å². The molecule has 1 aromatic heterocycles. The Kier molecular flexibility index (Phi) is 1.18. The minimum Gasteiger partial charge on any atom is -0.494 e. The smallest absolute Gasteiger partial charge is 0.205 e. The molecule has 1 aliphatic rings. The van der Waals surface area contributed by atoms with Gasteiger partial charge >= 0.3 is 0 Å². The molecule has 1 aromatic rings. The topological polar surface area (TPSA) is 57.2 Å². The van der Waals surface area contributed by atoms with E-state index >= 15 is 0 Å². The average molecular weight is 149 g/mol. The average Bonchev–Trinajstić information content (AvgIpc) is 2.04. The summed E-state index contributed by atoms with van der Waals surface area (Å²) >= 11 is 0. The van der Waals surface area contributed by atoms with Crippen LogP contribution in [0.2, 0.25) is 0 Å². The van der Waals surface area contributed by atoms with Crippen LogP contribution in [-0.4, -0.2) is 10.1 Å². The summed E-state index contributed by atoms with van der Waals surface area (Å²) in [6.07, 6.45) is 4.82. The number of hydrogen-bond donors (Lipinski definition) is 3. The van der Waals surface area contributed by atoms with E-state index in [0.717, 1.165) is 11.4 Å². The molecule has 0 unspecified atom stereocenters. The summed E-state index contributed by atoms with van der Waals surface area (Å²) in [5.74, 6) is 0.115. The first-order chi connectivity index (χ1) is 5.36. The molecule has 1 aliphatic heterocycles. The van der Waals surface area contributed by atoms with Crippen molar-refractivity contribution in [1.29, 1.82) is 0 Å². The van der Waals surface area contributed by atoms with Gasteiger partial charge in [-0.25, -0.2) is 0 Å². The van der Waals surface area contributed by atoms with Crippen LogP contribution in [0.3, 0.4) is 0 Å². The number of fused-ring (bicyclic) bond motifs is 1. The standard InChI is InChI=1S/C7H7N3O/c11-7-4-9-6-3-8-2-1-5(6)10-7/h1-4,9-11H.